The van der Waals surface area contributed by atoms with E-state index in [1.54, 1.807) is 19.1 Å². The maximum absolute atomic E-state index is 10.8. The summed E-state index contributed by atoms with van der Waals surface area (Å²) in [7, 11) is 0. The van der Waals surface area contributed by atoms with E-state index in [4.69, 9.17) is 5.26 Å². The summed E-state index contributed by atoms with van der Waals surface area (Å²) in [5.41, 5.74) is 0.756. The van der Waals surface area contributed by atoms with Crippen LogP contribution >= 0.6 is 0 Å². The van der Waals surface area contributed by atoms with Crippen molar-refractivity contribution in [3.8, 4) is 6.07 Å². The Bertz CT molecular complexity index is 560. The van der Waals surface area contributed by atoms with Gasteiger partial charge < -0.3 is 10.0 Å². The summed E-state index contributed by atoms with van der Waals surface area (Å²) < 4.78 is 0. The molecule has 7 nitrogen and oxygen atoms in total. The summed E-state index contributed by atoms with van der Waals surface area (Å²) in [4.78, 5) is 14.6. The quantitative estimate of drug-likeness (QED) is 0.656. The SMILES string of the molecule is C[C@@H](O)CN1CCN(c2ccc([N+](=O)[O-])c(C#N)c2)CC1. The Labute approximate surface area is 123 Å². The first-order chi connectivity index (χ1) is 10.0. The highest BCUT2D eigenvalue weighted by molar-refractivity contribution is 5.60. The third kappa shape index (κ3) is 3.68. The van der Waals surface area contributed by atoms with Gasteiger partial charge in [-0.25, -0.2) is 0 Å². The van der Waals surface area contributed by atoms with Crippen molar-refractivity contribution in [3.05, 3.63) is 33.9 Å². The monoisotopic (exact) mass is 290 g/mol. The summed E-state index contributed by atoms with van der Waals surface area (Å²) in [6.07, 6.45) is -0.346. The van der Waals surface area contributed by atoms with Crippen molar-refractivity contribution in [1.82, 2.24) is 4.90 Å². The molecule has 0 saturated carbocycles. The molecule has 0 aliphatic carbocycles. The molecule has 1 fully saturated rings. The number of rotatable bonds is 4. The first kappa shape index (κ1) is 15.2. The van der Waals surface area contributed by atoms with Crippen LogP contribution < -0.4 is 4.90 Å². The number of β-amino-alcohol motifs (C(OH)–C–C–N with tert-alkyl or cyclic N) is 1. The average molecular weight is 290 g/mol. The number of aliphatic hydroxyl groups excluding tert-OH is 1. The van der Waals surface area contributed by atoms with Crippen LogP contribution in [0.4, 0.5) is 11.4 Å². The largest absolute Gasteiger partial charge is 0.392 e. The van der Waals surface area contributed by atoms with Crippen LogP contribution in [0.15, 0.2) is 18.2 Å². The summed E-state index contributed by atoms with van der Waals surface area (Å²) in [5, 5.41) is 29.2. The molecule has 0 spiro atoms. The highest BCUT2D eigenvalue weighted by Gasteiger charge is 2.20. The van der Waals surface area contributed by atoms with Gasteiger partial charge in [-0.2, -0.15) is 5.26 Å². The maximum Gasteiger partial charge on any atom is 0.287 e. The first-order valence-electron chi connectivity index (χ1n) is 6.85. The maximum atomic E-state index is 10.8. The molecule has 0 radical (unpaired) electrons. The van der Waals surface area contributed by atoms with Crippen LogP contribution in [0, 0.1) is 21.4 Å². The van der Waals surface area contributed by atoms with Crippen LogP contribution in [-0.4, -0.2) is 53.8 Å². The molecule has 21 heavy (non-hydrogen) atoms. The van der Waals surface area contributed by atoms with Gasteiger partial charge in [-0.1, -0.05) is 0 Å². The molecule has 0 aromatic heterocycles. The lowest BCUT2D eigenvalue weighted by atomic mass is 10.1. The zero-order valence-electron chi connectivity index (χ0n) is 11.9. The lowest BCUT2D eigenvalue weighted by molar-refractivity contribution is -0.385. The van der Waals surface area contributed by atoms with Crippen LogP contribution in [-0.2, 0) is 0 Å². The van der Waals surface area contributed by atoms with Gasteiger partial charge in [0, 0.05) is 44.5 Å². The third-order valence-corrected chi connectivity index (χ3v) is 3.56. The molecule has 1 aliphatic rings. The highest BCUT2D eigenvalue weighted by Crippen LogP contribution is 2.25. The van der Waals surface area contributed by atoms with Crippen LogP contribution in [0.25, 0.3) is 0 Å². The van der Waals surface area contributed by atoms with Crippen LogP contribution in [0.2, 0.25) is 0 Å². The minimum Gasteiger partial charge on any atom is -0.392 e. The topological polar surface area (TPSA) is 93.6 Å². The van der Waals surface area contributed by atoms with E-state index in [1.807, 2.05) is 6.07 Å². The second-order valence-electron chi connectivity index (χ2n) is 5.21. The van der Waals surface area contributed by atoms with Gasteiger partial charge in [-0.15, -0.1) is 0 Å². The molecular weight excluding hydrogens is 272 g/mol. The standard InChI is InChI=1S/C14H18N4O3/c1-11(19)10-16-4-6-17(7-5-16)13-2-3-14(18(20)21)12(8-13)9-15/h2-3,8,11,19H,4-7,10H2,1H3/t11-/m1/s1. The second-order valence-corrected chi connectivity index (χ2v) is 5.21. The lowest BCUT2D eigenvalue weighted by Gasteiger charge is -2.36. The van der Waals surface area contributed by atoms with Crippen molar-refractivity contribution < 1.29 is 10.0 Å². The molecule has 7 heteroatoms. The molecular formula is C14H18N4O3. The third-order valence-electron chi connectivity index (χ3n) is 3.56. The summed E-state index contributed by atoms with van der Waals surface area (Å²) in [5.74, 6) is 0. The molecule has 0 bridgehead atoms. The first-order valence-corrected chi connectivity index (χ1v) is 6.85. The van der Waals surface area contributed by atoms with E-state index in [9.17, 15) is 15.2 Å². The molecule has 1 atom stereocenters. The lowest BCUT2D eigenvalue weighted by Crippen LogP contribution is -2.48. The van der Waals surface area contributed by atoms with Gasteiger partial charge in [0.05, 0.1) is 11.0 Å². The molecule has 112 valence electrons. The smallest absolute Gasteiger partial charge is 0.287 e. The van der Waals surface area contributed by atoms with E-state index in [-0.39, 0.29) is 17.4 Å². The van der Waals surface area contributed by atoms with Crippen molar-refractivity contribution in [2.45, 2.75) is 13.0 Å². The molecule has 1 aliphatic heterocycles. The minimum absolute atomic E-state index is 0.0870. The zero-order valence-corrected chi connectivity index (χ0v) is 11.9. The van der Waals surface area contributed by atoms with Gasteiger partial charge in [0.15, 0.2) is 0 Å². The summed E-state index contributed by atoms with van der Waals surface area (Å²) >= 11 is 0. The Balaban J connectivity index is 2.07. The zero-order chi connectivity index (χ0) is 15.4. The number of anilines is 1. The van der Waals surface area contributed by atoms with Gasteiger partial charge >= 0.3 is 0 Å². The van der Waals surface area contributed by atoms with E-state index in [1.165, 1.54) is 6.07 Å². The van der Waals surface area contributed by atoms with E-state index < -0.39 is 4.92 Å². The minimum atomic E-state index is -0.539. The van der Waals surface area contributed by atoms with Gasteiger partial charge in [0.25, 0.3) is 5.69 Å². The Morgan fingerprint density at radius 3 is 2.62 bits per heavy atom. The normalized spacial score (nSPS) is 17.3. The van der Waals surface area contributed by atoms with Crippen molar-refractivity contribution in [3.63, 3.8) is 0 Å². The van der Waals surface area contributed by atoms with Crippen molar-refractivity contribution in [2.24, 2.45) is 0 Å². The van der Waals surface area contributed by atoms with E-state index in [0.717, 1.165) is 31.9 Å². The van der Waals surface area contributed by atoms with Crippen LogP contribution in [0.1, 0.15) is 12.5 Å². The summed E-state index contributed by atoms with van der Waals surface area (Å²) in [6, 6.07) is 6.52. The van der Waals surface area contributed by atoms with E-state index in [2.05, 4.69) is 9.80 Å². The molecule has 0 amide bonds. The van der Waals surface area contributed by atoms with Gasteiger partial charge in [0.2, 0.25) is 0 Å². The van der Waals surface area contributed by atoms with E-state index >= 15 is 0 Å². The van der Waals surface area contributed by atoms with E-state index in [0.29, 0.717) is 6.54 Å². The Kier molecular flexibility index (Phi) is 4.73. The molecule has 1 aromatic rings. The number of piperazine rings is 1. The fourth-order valence-electron chi connectivity index (χ4n) is 2.53. The van der Waals surface area contributed by atoms with Gasteiger partial charge in [-0.05, 0) is 19.1 Å². The average Bonchev–Trinajstić information content (AvgIpc) is 2.46. The second kappa shape index (κ2) is 6.52. The predicted octanol–water partition coefficient (Wildman–Crippen LogP) is 0.969. The van der Waals surface area contributed by atoms with Crippen LogP contribution in [0.5, 0.6) is 0 Å². The highest BCUT2D eigenvalue weighted by atomic mass is 16.6. The van der Waals surface area contributed by atoms with Crippen molar-refractivity contribution in [2.75, 3.05) is 37.6 Å². The summed E-state index contributed by atoms with van der Waals surface area (Å²) in [6.45, 7) is 5.61. The molecule has 1 N–H and O–H groups in total. The van der Waals surface area contributed by atoms with Gasteiger partial charge in [-0.3, -0.25) is 15.0 Å². The van der Waals surface area contributed by atoms with Crippen LogP contribution in [0.3, 0.4) is 0 Å². The van der Waals surface area contributed by atoms with Crippen molar-refractivity contribution >= 4 is 11.4 Å². The number of hydrogen-bond donors (Lipinski definition) is 1. The Morgan fingerprint density at radius 1 is 1.43 bits per heavy atom. The molecule has 2 rings (SSSR count). The number of benzene rings is 1. The number of nitro benzene ring substituents is 1. The van der Waals surface area contributed by atoms with Crippen molar-refractivity contribution in [1.29, 1.82) is 5.26 Å². The fraction of sp³-hybridized carbons (Fsp3) is 0.500. The molecule has 1 heterocycles. The Morgan fingerprint density at radius 2 is 2.10 bits per heavy atom. The molecule has 0 unspecified atom stereocenters. The Hall–Kier alpha value is -2.17. The molecule has 1 aromatic carbocycles. The number of nitro groups is 1. The number of nitriles is 1. The number of nitrogens with zero attached hydrogens (tertiary/aromatic N) is 4. The molecule has 1 saturated heterocycles. The number of aliphatic hydroxyl groups is 1. The predicted molar refractivity (Wildman–Crippen MR) is 78.1 cm³/mol. The number of hydrogen-bond acceptors (Lipinski definition) is 6. The fourth-order valence-corrected chi connectivity index (χ4v) is 2.53. The van der Waals surface area contributed by atoms with Gasteiger partial charge in [0.1, 0.15) is 11.6 Å².